The first-order chi connectivity index (χ1) is 12.4. The van der Waals surface area contributed by atoms with Crippen LogP contribution in [0.25, 0.3) is 11.2 Å². The molecular formula is C17H20N4O5. The van der Waals surface area contributed by atoms with Gasteiger partial charge in [0.25, 0.3) is 5.56 Å². The van der Waals surface area contributed by atoms with Crippen LogP contribution in [0.3, 0.4) is 0 Å². The molecule has 138 valence electrons. The molecule has 1 aromatic carbocycles. The van der Waals surface area contributed by atoms with Crippen molar-refractivity contribution in [3.8, 4) is 11.5 Å². The Bertz CT molecular complexity index is 1000. The van der Waals surface area contributed by atoms with E-state index in [4.69, 9.17) is 4.74 Å². The minimum absolute atomic E-state index is 0.142. The van der Waals surface area contributed by atoms with Crippen LogP contribution in [-0.4, -0.2) is 37.4 Å². The predicted molar refractivity (Wildman–Crippen MR) is 95.6 cm³/mol. The summed E-state index contributed by atoms with van der Waals surface area (Å²) >= 11 is 0. The number of aromatic amines is 3. The second-order valence-electron chi connectivity index (χ2n) is 5.47. The fourth-order valence-electron chi connectivity index (χ4n) is 2.17. The van der Waals surface area contributed by atoms with Gasteiger partial charge in [0.1, 0.15) is 11.3 Å². The summed E-state index contributed by atoms with van der Waals surface area (Å²) in [4.78, 5) is 43.1. The highest BCUT2D eigenvalue weighted by Gasteiger charge is 2.04. The molecule has 0 fully saturated rings. The van der Waals surface area contributed by atoms with E-state index in [0.717, 1.165) is 5.56 Å². The molecule has 0 saturated carbocycles. The zero-order valence-electron chi connectivity index (χ0n) is 14.5. The average molecular weight is 360 g/mol. The number of carbonyl (C=O) groups is 1. The maximum Gasteiger partial charge on any atom is 0.327 e. The molecule has 26 heavy (non-hydrogen) atoms. The lowest BCUT2D eigenvalue weighted by Crippen LogP contribution is -2.21. The third kappa shape index (κ3) is 5.07. The zero-order valence-corrected chi connectivity index (χ0v) is 14.5. The van der Waals surface area contributed by atoms with Gasteiger partial charge < -0.3 is 19.6 Å². The molecule has 0 saturated heterocycles. The van der Waals surface area contributed by atoms with Crippen LogP contribution in [-0.2, 0) is 11.2 Å². The topological polar surface area (TPSA) is 141 Å². The number of aromatic hydroxyl groups is 1. The Hall–Kier alpha value is -3.36. The maximum atomic E-state index is 10.9. The summed E-state index contributed by atoms with van der Waals surface area (Å²) < 4.78 is 5.25. The number of ketones is 1. The molecule has 0 radical (unpaired) electrons. The number of carbonyl (C=O) groups excluding carboxylic acids is 1. The molecule has 0 amide bonds. The van der Waals surface area contributed by atoms with Crippen molar-refractivity contribution < 1.29 is 14.6 Å². The van der Waals surface area contributed by atoms with Gasteiger partial charge >= 0.3 is 5.69 Å². The maximum absolute atomic E-state index is 10.9. The third-order valence-corrected chi connectivity index (χ3v) is 3.42. The van der Waals surface area contributed by atoms with Gasteiger partial charge in [-0.2, -0.15) is 0 Å². The molecule has 0 atom stereocenters. The molecule has 9 heteroatoms. The summed E-state index contributed by atoms with van der Waals surface area (Å²) in [6, 6.07) is 5.18. The van der Waals surface area contributed by atoms with Crippen LogP contribution in [0, 0.1) is 0 Å². The average Bonchev–Trinajstić information content (AvgIpc) is 3.05. The normalized spacial score (nSPS) is 10.2. The number of ether oxygens (including phenoxy) is 1. The summed E-state index contributed by atoms with van der Waals surface area (Å²) in [5.74, 6) is 0.794. The lowest BCUT2D eigenvalue weighted by atomic mass is 10.1. The minimum Gasteiger partial charge on any atom is -0.504 e. The van der Waals surface area contributed by atoms with Crippen molar-refractivity contribution >= 4 is 16.9 Å². The molecule has 4 N–H and O–H groups in total. The van der Waals surface area contributed by atoms with Crippen molar-refractivity contribution in [1.82, 2.24) is 19.9 Å². The Labute approximate surface area is 148 Å². The number of hydrogen-bond acceptors (Lipinski definition) is 6. The van der Waals surface area contributed by atoms with Crippen molar-refractivity contribution in [2.45, 2.75) is 26.7 Å². The number of H-pyrrole nitrogens is 3. The van der Waals surface area contributed by atoms with Crippen LogP contribution in [0.15, 0.2) is 34.1 Å². The zero-order chi connectivity index (χ0) is 19.1. The summed E-state index contributed by atoms with van der Waals surface area (Å²) in [5.41, 5.74) is 0.561. The number of aromatic nitrogens is 4. The largest absolute Gasteiger partial charge is 0.504 e. The van der Waals surface area contributed by atoms with E-state index in [1.54, 1.807) is 25.1 Å². The van der Waals surface area contributed by atoms with E-state index in [1.807, 2.05) is 6.92 Å². The van der Waals surface area contributed by atoms with E-state index in [0.29, 0.717) is 25.2 Å². The fraction of sp³-hybridized carbons (Fsp3) is 0.294. The van der Waals surface area contributed by atoms with Gasteiger partial charge in [-0.1, -0.05) is 6.07 Å². The second kappa shape index (κ2) is 8.65. The Kier molecular flexibility index (Phi) is 6.31. The second-order valence-corrected chi connectivity index (χ2v) is 5.47. The number of nitrogens with one attached hydrogen (secondary N) is 3. The van der Waals surface area contributed by atoms with Gasteiger partial charge in [0.05, 0.1) is 12.9 Å². The highest BCUT2D eigenvalue weighted by atomic mass is 16.5. The van der Waals surface area contributed by atoms with Crippen molar-refractivity contribution in [2.24, 2.45) is 0 Å². The Balaban J connectivity index is 0.000000195. The molecule has 3 rings (SSSR count). The molecule has 3 aromatic rings. The molecule has 0 bridgehead atoms. The van der Waals surface area contributed by atoms with Crippen LogP contribution in [0.1, 0.15) is 25.8 Å². The molecular weight excluding hydrogens is 340 g/mol. The van der Waals surface area contributed by atoms with Crippen LogP contribution in [0.5, 0.6) is 11.5 Å². The van der Waals surface area contributed by atoms with Crippen LogP contribution >= 0.6 is 0 Å². The molecule has 0 unspecified atom stereocenters. The number of aryl methyl sites for hydroxylation is 1. The number of phenolic OH excluding ortho intramolecular Hbond substituents is 1. The minimum atomic E-state index is -0.547. The monoisotopic (exact) mass is 360 g/mol. The molecule has 0 aliphatic heterocycles. The first kappa shape index (κ1) is 19.0. The van der Waals surface area contributed by atoms with Gasteiger partial charge in [-0.15, -0.1) is 0 Å². The van der Waals surface area contributed by atoms with Crippen molar-refractivity contribution in [3.05, 3.63) is 50.9 Å². The van der Waals surface area contributed by atoms with Gasteiger partial charge in [-0.05, 0) is 38.0 Å². The number of nitrogens with zero attached hydrogens (tertiary/aromatic N) is 1. The van der Waals surface area contributed by atoms with Crippen molar-refractivity contribution in [2.75, 3.05) is 6.61 Å². The van der Waals surface area contributed by atoms with Crippen molar-refractivity contribution in [1.29, 1.82) is 0 Å². The number of rotatable bonds is 5. The summed E-state index contributed by atoms with van der Waals surface area (Å²) in [6.45, 7) is 3.95. The van der Waals surface area contributed by atoms with E-state index in [-0.39, 0.29) is 22.7 Å². The number of benzene rings is 1. The number of phenols is 1. The van der Waals surface area contributed by atoms with E-state index < -0.39 is 11.2 Å². The smallest absolute Gasteiger partial charge is 0.327 e. The standard InChI is InChI=1S/C12H16O3.C5H4N4O2/c1-3-15-12-8-10(5-4-9(2)13)6-7-11(12)14;10-4-2-3(7-1-6-2)8-5(11)9-4/h6-8,14H,3-5H2,1-2H3;1H,(H3,6,7,8,9,10,11). The predicted octanol–water partition coefficient (Wildman–Crippen LogP) is 1.25. The lowest BCUT2D eigenvalue weighted by molar-refractivity contribution is -0.116. The summed E-state index contributed by atoms with van der Waals surface area (Å²) in [6.07, 6.45) is 2.56. The fourth-order valence-corrected chi connectivity index (χ4v) is 2.17. The molecule has 2 aromatic heterocycles. The Morgan fingerprint density at radius 2 is 2.04 bits per heavy atom. The van der Waals surface area contributed by atoms with Crippen LogP contribution < -0.4 is 16.0 Å². The Morgan fingerprint density at radius 1 is 1.27 bits per heavy atom. The highest BCUT2D eigenvalue weighted by molar-refractivity contribution is 5.75. The van der Waals surface area contributed by atoms with Crippen LogP contribution in [0.2, 0.25) is 0 Å². The highest BCUT2D eigenvalue weighted by Crippen LogP contribution is 2.27. The van der Waals surface area contributed by atoms with Crippen molar-refractivity contribution in [3.63, 3.8) is 0 Å². The Morgan fingerprint density at radius 3 is 2.73 bits per heavy atom. The summed E-state index contributed by atoms with van der Waals surface area (Å²) in [5, 5.41) is 9.45. The van der Waals surface area contributed by atoms with E-state index in [1.165, 1.54) is 6.33 Å². The number of Topliss-reactive ketones (excluding diaryl/α,β-unsaturated/α-hetero) is 1. The first-order valence-corrected chi connectivity index (χ1v) is 8.00. The third-order valence-electron chi connectivity index (χ3n) is 3.42. The van der Waals surface area contributed by atoms with Gasteiger partial charge in [0.2, 0.25) is 0 Å². The molecule has 0 aliphatic rings. The van der Waals surface area contributed by atoms with Crippen LogP contribution in [0.4, 0.5) is 0 Å². The van der Waals surface area contributed by atoms with Gasteiger partial charge in [-0.25, -0.2) is 9.78 Å². The van der Waals surface area contributed by atoms with E-state index >= 15 is 0 Å². The number of hydrogen-bond donors (Lipinski definition) is 4. The quantitative estimate of drug-likeness (QED) is 0.540. The molecule has 2 heterocycles. The molecule has 0 spiro atoms. The van der Waals surface area contributed by atoms with Gasteiger partial charge in [0, 0.05) is 6.42 Å². The SMILES string of the molecule is CCOc1cc(CCC(C)=O)ccc1O.O=c1[nH]c(=O)c2[nH]cnc2[nH]1. The molecule has 0 aliphatic carbocycles. The summed E-state index contributed by atoms with van der Waals surface area (Å²) in [7, 11) is 0. The van der Waals surface area contributed by atoms with Gasteiger partial charge in [0.15, 0.2) is 17.1 Å². The first-order valence-electron chi connectivity index (χ1n) is 8.00. The van der Waals surface area contributed by atoms with E-state index in [2.05, 4.69) is 19.9 Å². The lowest BCUT2D eigenvalue weighted by Gasteiger charge is -2.07. The molecule has 9 nitrogen and oxygen atoms in total. The number of fused-ring (bicyclic) bond motifs is 1. The van der Waals surface area contributed by atoms with E-state index in [9.17, 15) is 19.5 Å². The number of imidazole rings is 1. The van der Waals surface area contributed by atoms with Gasteiger partial charge in [-0.3, -0.25) is 14.8 Å².